The number of urea groups is 1. The van der Waals surface area contributed by atoms with Gasteiger partial charge in [-0.1, -0.05) is 24.3 Å². The van der Waals surface area contributed by atoms with Gasteiger partial charge in [0.2, 0.25) is 0 Å². The predicted molar refractivity (Wildman–Crippen MR) is 97.4 cm³/mol. The molecule has 2 aliphatic rings. The lowest BCUT2D eigenvalue weighted by molar-refractivity contribution is 0.153. The highest BCUT2D eigenvalue weighted by Gasteiger charge is 2.25. The van der Waals surface area contributed by atoms with E-state index in [0.29, 0.717) is 5.92 Å². The van der Waals surface area contributed by atoms with Crippen molar-refractivity contribution >= 4 is 6.03 Å². The van der Waals surface area contributed by atoms with E-state index >= 15 is 0 Å². The average molecular weight is 330 g/mol. The third-order valence-electron chi connectivity index (χ3n) is 5.40. The molecule has 0 spiro atoms. The zero-order chi connectivity index (χ0) is 16.9. The fraction of sp³-hybridized carbons (Fsp3) is 0.632. The van der Waals surface area contributed by atoms with E-state index in [4.69, 9.17) is 0 Å². The summed E-state index contributed by atoms with van der Waals surface area (Å²) in [6.07, 6.45) is 1.22. The number of piperazine rings is 1. The van der Waals surface area contributed by atoms with Crippen LogP contribution in [0.4, 0.5) is 4.79 Å². The van der Waals surface area contributed by atoms with Crippen molar-refractivity contribution in [3.05, 3.63) is 35.4 Å². The van der Waals surface area contributed by atoms with E-state index < -0.39 is 0 Å². The van der Waals surface area contributed by atoms with Gasteiger partial charge in [0.15, 0.2) is 0 Å². The molecule has 2 fully saturated rings. The Morgan fingerprint density at radius 1 is 1.17 bits per heavy atom. The summed E-state index contributed by atoms with van der Waals surface area (Å²) in [4.78, 5) is 18.9. The molecule has 2 amide bonds. The minimum absolute atomic E-state index is 0.0951. The zero-order valence-electron chi connectivity index (χ0n) is 15.0. The number of nitrogens with one attached hydrogen (secondary N) is 1. The molecule has 1 N–H and O–H groups in total. The van der Waals surface area contributed by atoms with Crippen molar-refractivity contribution in [1.29, 1.82) is 0 Å². The Hall–Kier alpha value is -1.59. The second-order valence-electron chi connectivity index (χ2n) is 7.17. The smallest absolute Gasteiger partial charge is 0.317 e. The number of carbonyl (C=O) groups excluding carboxylic acids is 1. The first-order valence-corrected chi connectivity index (χ1v) is 9.12. The number of nitrogens with zero attached hydrogens (tertiary/aromatic N) is 3. The number of rotatable bonds is 4. The van der Waals surface area contributed by atoms with Crippen LogP contribution in [-0.2, 0) is 0 Å². The number of likely N-dealkylation sites (N-methyl/N-ethyl adjacent to an activating group) is 1. The molecule has 24 heavy (non-hydrogen) atoms. The minimum Gasteiger partial charge on any atom is -0.337 e. The third-order valence-corrected chi connectivity index (χ3v) is 5.40. The van der Waals surface area contributed by atoms with Gasteiger partial charge in [0, 0.05) is 45.8 Å². The first-order chi connectivity index (χ1) is 11.6. The van der Waals surface area contributed by atoms with Crippen LogP contribution in [0.3, 0.4) is 0 Å². The number of benzene rings is 1. The molecule has 2 heterocycles. The molecule has 0 bridgehead atoms. The maximum absolute atomic E-state index is 12.2. The second kappa shape index (κ2) is 7.99. The molecule has 1 atom stereocenters. The summed E-state index contributed by atoms with van der Waals surface area (Å²) in [6.45, 7) is 9.73. The fourth-order valence-electron chi connectivity index (χ4n) is 3.78. The van der Waals surface area contributed by atoms with E-state index in [-0.39, 0.29) is 6.03 Å². The number of likely N-dealkylation sites (tertiary alicyclic amines) is 1. The number of amides is 2. The number of carbonyl (C=O) groups is 1. The van der Waals surface area contributed by atoms with Crippen LogP contribution >= 0.6 is 0 Å². The van der Waals surface area contributed by atoms with Gasteiger partial charge in [-0.3, -0.25) is 0 Å². The Labute approximate surface area is 145 Å². The summed E-state index contributed by atoms with van der Waals surface area (Å²) < 4.78 is 0. The summed E-state index contributed by atoms with van der Waals surface area (Å²) in [6, 6.07) is 8.81. The van der Waals surface area contributed by atoms with Gasteiger partial charge in [0.25, 0.3) is 0 Å². The Kier molecular flexibility index (Phi) is 5.74. The van der Waals surface area contributed by atoms with Gasteiger partial charge in [0.05, 0.1) is 0 Å². The summed E-state index contributed by atoms with van der Waals surface area (Å²) in [5, 5.41) is 3.09. The van der Waals surface area contributed by atoms with Crippen molar-refractivity contribution in [3.8, 4) is 0 Å². The van der Waals surface area contributed by atoms with E-state index in [9.17, 15) is 4.79 Å². The largest absolute Gasteiger partial charge is 0.337 e. The number of hydrogen-bond donors (Lipinski definition) is 1. The lowest BCUT2D eigenvalue weighted by Crippen LogP contribution is -2.51. The maximum Gasteiger partial charge on any atom is 0.317 e. The molecular weight excluding hydrogens is 300 g/mol. The van der Waals surface area contributed by atoms with Gasteiger partial charge < -0.3 is 20.0 Å². The van der Waals surface area contributed by atoms with E-state index in [1.54, 1.807) is 0 Å². The maximum atomic E-state index is 12.2. The molecule has 2 saturated heterocycles. The summed E-state index contributed by atoms with van der Waals surface area (Å²) in [5.41, 5.74) is 2.88. The zero-order valence-corrected chi connectivity index (χ0v) is 15.0. The van der Waals surface area contributed by atoms with E-state index in [2.05, 4.69) is 53.4 Å². The molecule has 5 nitrogen and oxygen atoms in total. The van der Waals surface area contributed by atoms with E-state index in [0.717, 1.165) is 52.4 Å². The summed E-state index contributed by atoms with van der Waals surface area (Å²) in [5.74, 6) is 0.638. The first kappa shape index (κ1) is 17.2. The normalized spacial score (nSPS) is 22.8. The number of aryl methyl sites for hydroxylation is 1. The molecule has 0 saturated carbocycles. The predicted octanol–water partition coefficient (Wildman–Crippen LogP) is 1.74. The second-order valence-corrected chi connectivity index (χ2v) is 7.17. The van der Waals surface area contributed by atoms with Gasteiger partial charge in [-0.15, -0.1) is 0 Å². The van der Waals surface area contributed by atoms with Crippen LogP contribution in [-0.4, -0.2) is 80.1 Å². The third kappa shape index (κ3) is 4.28. The molecule has 5 heteroatoms. The highest BCUT2D eigenvalue weighted by molar-refractivity contribution is 5.74. The Balaban J connectivity index is 1.39. The van der Waals surface area contributed by atoms with Crippen molar-refractivity contribution in [2.24, 2.45) is 0 Å². The van der Waals surface area contributed by atoms with Crippen molar-refractivity contribution in [2.75, 3.05) is 59.4 Å². The molecule has 2 aliphatic heterocycles. The SMILES string of the molecule is Cc1ccccc1C1CCN(CCNC(=O)N2CCN(C)CC2)C1. The van der Waals surface area contributed by atoms with Crippen LogP contribution < -0.4 is 5.32 Å². The Morgan fingerprint density at radius 3 is 2.67 bits per heavy atom. The van der Waals surface area contributed by atoms with E-state index in [1.165, 1.54) is 17.5 Å². The van der Waals surface area contributed by atoms with Gasteiger partial charge >= 0.3 is 6.03 Å². The van der Waals surface area contributed by atoms with Crippen LogP contribution in [0, 0.1) is 6.92 Å². The van der Waals surface area contributed by atoms with Gasteiger partial charge in [-0.05, 0) is 44.0 Å². The molecule has 0 aromatic heterocycles. The highest BCUT2D eigenvalue weighted by atomic mass is 16.2. The van der Waals surface area contributed by atoms with Crippen molar-refractivity contribution < 1.29 is 4.79 Å². The first-order valence-electron chi connectivity index (χ1n) is 9.12. The Morgan fingerprint density at radius 2 is 1.92 bits per heavy atom. The standard InChI is InChI=1S/C19H30N4O/c1-16-5-3-4-6-18(16)17-7-9-22(15-17)10-8-20-19(24)23-13-11-21(2)12-14-23/h3-6,17H,7-15H2,1-2H3,(H,20,24). The van der Waals surface area contributed by atoms with Crippen LogP contribution in [0.1, 0.15) is 23.5 Å². The van der Waals surface area contributed by atoms with Crippen LogP contribution in [0.25, 0.3) is 0 Å². The minimum atomic E-state index is 0.0951. The number of hydrogen-bond acceptors (Lipinski definition) is 3. The fourth-order valence-corrected chi connectivity index (χ4v) is 3.78. The van der Waals surface area contributed by atoms with Gasteiger partial charge in [-0.2, -0.15) is 0 Å². The molecule has 0 radical (unpaired) electrons. The summed E-state index contributed by atoms with van der Waals surface area (Å²) >= 11 is 0. The molecule has 1 aromatic rings. The summed E-state index contributed by atoms with van der Waals surface area (Å²) in [7, 11) is 2.10. The van der Waals surface area contributed by atoms with Crippen molar-refractivity contribution in [2.45, 2.75) is 19.3 Å². The van der Waals surface area contributed by atoms with Crippen LogP contribution in [0.2, 0.25) is 0 Å². The Bertz CT molecular complexity index is 554. The average Bonchev–Trinajstić information content (AvgIpc) is 3.04. The topological polar surface area (TPSA) is 38.8 Å². The molecule has 0 aliphatic carbocycles. The lowest BCUT2D eigenvalue weighted by Gasteiger charge is -2.32. The lowest BCUT2D eigenvalue weighted by atomic mass is 9.94. The molecule has 3 rings (SSSR count). The quantitative estimate of drug-likeness (QED) is 0.914. The molecule has 1 unspecified atom stereocenters. The van der Waals surface area contributed by atoms with Crippen LogP contribution in [0.15, 0.2) is 24.3 Å². The van der Waals surface area contributed by atoms with Crippen molar-refractivity contribution in [3.63, 3.8) is 0 Å². The van der Waals surface area contributed by atoms with E-state index in [1.807, 2.05) is 4.90 Å². The van der Waals surface area contributed by atoms with Crippen molar-refractivity contribution in [1.82, 2.24) is 20.0 Å². The highest BCUT2D eigenvalue weighted by Crippen LogP contribution is 2.28. The molecular formula is C19H30N4O. The molecule has 132 valence electrons. The van der Waals surface area contributed by atoms with Crippen LogP contribution in [0.5, 0.6) is 0 Å². The monoisotopic (exact) mass is 330 g/mol. The van der Waals surface area contributed by atoms with Gasteiger partial charge in [-0.25, -0.2) is 4.79 Å². The molecule has 1 aromatic carbocycles. The van der Waals surface area contributed by atoms with Gasteiger partial charge in [0.1, 0.15) is 0 Å².